The molecule has 2 unspecified atom stereocenters. The van der Waals surface area contributed by atoms with Gasteiger partial charge in [0.25, 0.3) is 0 Å². The highest BCUT2D eigenvalue weighted by molar-refractivity contribution is 6.65. The lowest BCUT2D eigenvalue weighted by atomic mass is 10.00. The van der Waals surface area contributed by atoms with E-state index in [1.54, 1.807) is 0 Å². The van der Waals surface area contributed by atoms with Gasteiger partial charge in [-0.05, 0) is 38.1 Å². The van der Waals surface area contributed by atoms with E-state index >= 15 is 0 Å². The van der Waals surface area contributed by atoms with Gasteiger partial charge in [-0.25, -0.2) is 0 Å². The van der Waals surface area contributed by atoms with Gasteiger partial charge in [0.2, 0.25) is 5.78 Å². The molecule has 136 valence electrons. The van der Waals surface area contributed by atoms with E-state index in [4.69, 9.17) is 10.8 Å². The van der Waals surface area contributed by atoms with Gasteiger partial charge in [0.15, 0.2) is 0 Å². The molecule has 0 saturated heterocycles. The van der Waals surface area contributed by atoms with Crippen LogP contribution in [0.3, 0.4) is 0 Å². The Morgan fingerprint density at radius 1 is 0.769 bits per heavy atom. The maximum atomic E-state index is 12.3. The molecule has 0 radical (unpaired) electrons. The molecular formula is C21H26N4O. The highest BCUT2D eigenvalue weighted by Gasteiger charge is 2.19. The molecule has 2 aromatic carbocycles. The van der Waals surface area contributed by atoms with Crippen LogP contribution in [0.25, 0.3) is 0 Å². The van der Waals surface area contributed by atoms with Crippen LogP contribution in [0.2, 0.25) is 0 Å². The third-order valence-corrected chi connectivity index (χ3v) is 3.94. The van der Waals surface area contributed by atoms with Crippen LogP contribution >= 0.6 is 0 Å². The molecular weight excluding hydrogens is 324 g/mol. The van der Waals surface area contributed by atoms with E-state index in [0.29, 0.717) is 0 Å². The third kappa shape index (κ3) is 6.16. The number of rotatable bonds is 10. The minimum atomic E-state index is -0.478. The summed E-state index contributed by atoms with van der Waals surface area (Å²) in [6.45, 7) is 3.86. The molecule has 0 aliphatic carbocycles. The summed E-state index contributed by atoms with van der Waals surface area (Å²) in [5, 5.41) is 22.6. The van der Waals surface area contributed by atoms with E-state index in [9.17, 15) is 4.79 Å². The van der Waals surface area contributed by atoms with Gasteiger partial charge in [-0.3, -0.25) is 4.79 Å². The molecule has 0 saturated carbocycles. The second-order valence-electron chi connectivity index (χ2n) is 6.52. The van der Waals surface area contributed by atoms with E-state index in [0.717, 1.165) is 11.4 Å². The summed E-state index contributed by atoms with van der Waals surface area (Å²) >= 11 is 0. The van der Waals surface area contributed by atoms with E-state index in [-0.39, 0.29) is 36.3 Å². The first-order chi connectivity index (χ1) is 12.5. The number of para-hydroxylation sites is 2. The van der Waals surface area contributed by atoms with Crippen molar-refractivity contribution in [3.05, 3.63) is 60.7 Å². The van der Waals surface area contributed by atoms with Gasteiger partial charge in [-0.1, -0.05) is 36.4 Å². The second kappa shape index (κ2) is 9.51. The number of carbonyl (C=O) groups excluding carboxylic acids is 1. The monoisotopic (exact) mass is 350 g/mol. The Bertz CT molecular complexity index is 680. The Balaban J connectivity index is 1.81. The van der Waals surface area contributed by atoms with Crippen LogP contribution in [0, 0.1) is 10.8 Å². The fraction of sp³-hybridized carbons (Fsp3) is 0.286. The van der Waals surface area contributed by atoms with Crippen molar-refractivity contribution in [1.29, 1.82) is 10.8 Å². The van der Waals surface area contributed by atoms with Crippen molar-refractivity contribution in [2.45, 2.75) is 38.8 Å². The Morgan fingerprint density at radius 2 is 1.12 bits per heavy atom. The third-order valence-electron chi connectivity index (χ3n) is 3.94. The smallest absolute Gasteiger partial charge is 0.220 e. The lowest BCUT2D eigenvalue weighted by Crippen LogP contribution is -2.31. The van der Waals surface area contributed by atoms with Crippen LogP contribution in [0.1, 0.15) is 26.7 Å². The Kier molecular flexibility index (Phi) is 7.09. The Labute approximate surface area is 154 Å². The minimum Gasteiger partial charge on any atom is -0.382 e. The number of nitrogens with one attached hydrogen (secondary N) is 4. The van der Waals surface area contributed by atoms with E-state index in [2.05, 4.69) is 10.6 Å². The quantitative estimate of drug-likeness (QED) is 0.480. The van der Waals surface area contributed by atoms with Crippen LogP contribution in [-0.4, -0.2) is 29.3 Å². The van der Waals surface area contributed by atoms with Crippen molar-refractivity contribution >= 4 is 28.6 Å². The number of hydrogen-bond acceptors (Lipinski definition) is 5. The summed E-state index contributed by atoms with van der Waals surface area (Å²) in [6.07, 6.45) is 0.577. The lowest BCUT2D eigenvalue weighted by Gasteiger charge is -2.17. The molecule has 5 heteroatoms. The van der Waals surface area contributed by atoms with Crippen LogP contribution in [0.5, 0.6) is 0 Å². The molecule has 0 aliphatic rings. The summed E-state index contributed by atoms with van der Waals surface area (Å²) in [6, 6.07) is 19.3. The number of benzene rings is 2. The second-order valence-corrected chi connectivity index (χ2v) is 6.52. The maximum Gasteiger partial charge on any atom is 0.220 e. The molecule has 2 atom stereocenters. The lowest BCUT2D eigenvalue weighted by molar-refractivity contribution is -0.107. The average Bonchev–Trinajstić information content (AvgIpc) is 2.62. The SMILES string of the molecule is CC(CC(=N)C(=O)C(=N)CC(C)Nc1ccccc1)Nc1ccccc1. The van der Waals surface area contributed by atoms with Crippen LogP contribution in [0.4, 0.5) is 11.4 Å². The molecule has 0 amide bonds. The summed E-state index contributed by atoms with van der Waals surface area (Å²) < 4.78 is 0. The normalized spacial score (nSPS) is 12.7. The fourth-order valence-electron chi connectivity index (χ4n) is 2.72. The zero-order valence-corrected chi connectivity index (χ0v) is 15.3. The van der Waals surface area contributed by atoms with Crippen molar-refractivity contribution in [3.8, 4) is 0 Å². The summed E-state index contributed by atoms with van der Waals surface area (Å²) in [5.41, 5.74) is 1.85. The van der Waals surface area contributed by atoms with Crippen LogP contribution in [0.15, 0.2) is 60.7 Å². The standard InChI is InChI=1S/C21H26N4O/c1-15(24-17-9-5-3-6-10-17)13-19(22)21(26)20(23)14-16(2)25-18-11-7-4-8-12-18/h3-12,15-16,22-25H,13-14H2,1-2H3. The van der Waals surface area contributed by atoms with Crippen molar-refractivity contribution in [3.63, 3.8) is 0 Å². The first kappa shape index (κ1) is 19.4. The molecule has 26 heavy (non-hydrogen) atoms. The molecule has 0 spiro atoms. The zero-order chi connectivity index (χ0) is 18.9. The number of carbonyl (C=O) groups is 1. The number of hydrogen-bond donors (Lipinski definition) is 4. The van der Waals surface area contributed by atoms with E-state index in [1.807, 2.05) is 74.5 Å². The average molecular weight is 350 g/mol. The van der Waals surface area contributed by atoms with Gasteiger partial charge >= 0.3 is 0 Å². The molecule has 0 heterocycles. The molecule has 4 N–H and O–H groups in total. The molecule has 0 bridgehead atoms. The molecule has 0 fully saturated rings. The summed E-state index contributed by atoms with van der Waals surface area (Å²) in [5.74, 6) is -0.478. The molecule has 0 aliphatic heterocycles. The Hall–Kier alpha value is -2.95. The first-order valence-corrected chi connectivity index (χ1v) is 8.78. The van der Waals surface area contributed by atoms with Gasteiger partial charge < -0.3 is 21.5 Å². The van der Waals surface area contributed by atoms with Crippen molar-refractivity contribution < 1.29 is 4.79 Å². The maximum absolute atomic E-state index is 12.3. The van der Waals surface area contributed by atoms with Gasteiger partial charge in [0, 0.05) is 36.3 Å². The molecule has 0 aromatic heterocycles. The summed E-state index contributed by atoms with van der Waals surface area (Å²) in [4.78, 5) is 12.3. The van der Waals surface area contributed by atoms with Gasteiger partial charge in [-0.2, -0.15) is 0 Å². The first-order valence-electron chi connectivity index (χ1n) is 8.78. The fourth-order valence-corrected chi connectivity index (χ4v) is 2.72. The van der Waals surface area contributed by atoms with Crippen LogP contribution < -0.4 is 10.6 Å². The van der Waals surface area contributed by atoms with Gasteiger partial charge in [0.05, 0.1) is 11.4 Å². The number of Topliss-reactive ketones (excluding diaryl/α,β-unsaturated/α-hetero) is 1. The topological polar surface area (TPSA) is 88.8 Å². The predicted octanol–water partition coefficient (Wildman–Crippen LogP) is 4.38. The van der Waals surface area contributed by atoms with E-state index < -0.39 is 5.78 Å². The van der Waals surface area contributed by atoms with Crippen molar-refractivity contribution in [2.24, 2.45) is 0 Å². The zero-order valence-electron chi connectivity index (χ0n) is 15.3. The highest BCUT2D eigenvalue weighted by Crippen LogP contribution is 2.11. The minimum absolute atomic E-state index is 0.0298. The number of anilines is 2. The summed E-state index contributed by atoms with van der Waals surface area (Å²) in [7, 11) is 0. The van der Waals surface area contributed by atoms with Gasteiger partial charge in [0.1, 0.15) is 0 Å². The van der Waals surface area contributed by atoms with Crippen LogP contribution in [-0.2, 0) is 4.79 Å². The molecule has 2 rings (SSSR count). The molecule has 2 aromatic rings. The van der Waals surface area contributed by atoms with E-state index in [1.165, 1.54) is 0 Å². The van der Waals surface area contributed by atoms with Crippen molar-refractivity contribution in [2.75, 3.05) is 10.6 Å². The molecule has 5 nitrogen and oxygen atoms in total. The number of ketones is 1. The van der Waals surface area contributed by atoms with Gasteiger partial charge in [-0.15, -0.1) is 0 Å². The largest absolute Gasteiger partial charge is 0.382 e. The highest BCUT2D eigenvalue weighted by atomic mass is 16.1. The van der Waals surface area contributed by atoms with Crippen molar-refractivity contribution in [1.82, 2.24) is 0 Å². The predicted molar refractivity (Wildman–Crippen MR) is 109 cm³/mol. The Morgan fingerprint density at radius 3 is 1.46 bits per heavy atom.